The van der Waals surface area contributed by atoms with Crippen molar-refractivity contribution < 1.29 is 150 Å². The van der Waals surface area contributed by atoms with Crippen LogP contribution in [0.2, 0.25) is 0 Å². The molecule has 140 heavy (non-hydrogen) atoms. The molecule has 41 nitrogen and oxygen atoms in total. The fraction of sp³-hybridized carbons (Fsp3) is 0.895. The number of amides is 4. The van der Waals surface area contributed by atoms with Crippen molar-refractivity contribution in [3.8, 4) is 12.8 Å². The summed E-state index contributed by atoms with van der Waals surface area (Å²) >= 11 is 5.18. The van der Waals surface area contributed by atoms with Crippen molar-refractivity contribution in [2.24, 2.45) is 110 Å². The first-order valence-electron chi connectivity index (χ1n) is 50.5. The third-order valence-electron chi connectivity index (χ3n) is 31.0. The van der Waals surface area contributed by atoms with Gasteiger partial charge in [-0.15, -0.1) is 36.8 Å². The number of aliphatic carboxylic acids is 4. The van der Waals surface area contributed by atoms with Crippen LogP contribution in [0.3, 0.4) is 0 Å². The molecule has 0 spiro atoms. The third-order valence-corrected chi connectivity index (χ3v) is 31.9. The van der Waals surface area contributed by atoms with Gasteiger partial charge in [-0.1, -0.05) is 13.8 Å². The normalized spacial score (nSPS) is 36.7. The molecule has 45 heteroatoms. The zero-order valence-corrected chi connectivity index (χ0v) is 92.2. The number of ether oxygens (including phenoxy) is 3. The molecule has 32 N–H and O–H groups in total. The minimum atomic E-state index is -1.60. The molecule has 4 amide bonds. The summed E-state index contributed by atoms with van der Waals surface area (Å²) in [5.41, 5.74) is 18.4. The number of aliphatic hydroxyl groups excluding tert-OH is 14. The fourth-order valence-corrected chi connectivity index (χ4v) is 26.2. The van der Waals surface area contributed by atoms with Crippen LogP contribution in [0.5, 0.6) is 0 Å². The molecule has 19 fully saturated rings. The van der Waals surface area contributed by atoms with Gasteiger partial charge < -0.3 is 155 Å². The molecule has 3 aliphatic heterocycles. The Hall–Kier alpha value is -2.69. The van der Waals surface area contributed by atoms with Gasteiger partial charge >= 0.3 is 63.4 Å². The number of carboxylic acids is 4. The topological polar surface area (TPSA) is 712 Å². The smallest absolute Gasteiger partial charge is 0.303 e. The average molecular weight is 2450 g/mol. The number of carbonyl (C=O) groups is 8. The van der Waals surface area contributed by atoms with Crippen LogP contribution in [-0.2, 0) is 55.6 Å². The van der Waals surface area contributed by atoms with Crippen LogP contribution in [0, 0.1) is 105 Å². The second kappa shape index (κ2) is 65.4. The number of likely N-dealkylation sites (N-methyl/N-ethyl adjacent to an activating group) is 1. The molecular weight excluding hydrogens is 2270 g/mol. The first-order chi connectivity index (χ1) is 66.6. The second-order valence-electron chi connectivity index (χ2n) is 41.9. The molecule has 0 aromatic carbocycles. The van der Waals surface area contributed by atoms with E-state index in [9.17, 15) is 94.5 Å². The predicted molar refractivity (Wildman–Crippen MR) is 549 cm³/mol. The van der Waals surface area contributed by atoms with E-state index in [0.29, 0.717) is 42.9 Å². The van der Waals surface area contributed by atoms with E-state index in [1.165, 1.54) is 110 Å². The number of halogens is 3. The van der Waals surface area contributed by atoms with Crippen molar-refractivity contribution in [3.05, 3.63) is 0 Å². The van der Waals surface area contributed by atoms with Crippen LogP contribution in [-0.4, -0.2) is 365 Å². The molecule has 16 aliphatic carbocycles. The summed E-state index contributed by atoms with van der Waals surface area (Å²) in [6.07, 6.45) is 23.7. The van der Waals surface area contributed by atoms with Crippen LogP contribution in [0.25, 0.3) is 0 Å². The maximum Gasteiger partial charge on any atom is 0.303 e. The zero-order chi connectivity index (χ0) is 105. The maximum absolute atomic E-state index is 13.3. The summed E-state index contributed by atoms with van der Waals surface area (Å²) in [6.45, 7) is 10.2. The van der Waals surface area contributed by atoms with Gasteiger partial charge in [0, 0.05) is 104 Å². The van der Waals surface area contributed by atoms with E-state index in [0.717, 1.165) is 147 Å². The quantitative estimate of drug-likeness (QED) is 0.0133. The number of aliphatic hydroxyl groups is 14. The van der Waals surface area contributed by atoms with E-state index >= 15 is 0 Å². The number of terminal acetylenes is 1. The minimum absolute atomic E-state index is 0. The van der Waals surface area contributed by atoms with Crippen molar-refractivity contribution in [3.63, 3.8) is 0 Å². The molecule has 19 rings (SSSR count). The van der Waals surface area contributed by atoms with E-state index in [-0.39, 0.29) is 87.8 Å². The molecule has 3 unspecified atom stereocenters. The third kappa shape index (κ3) is 40.2. The molecule has 3 heterocycles. The first-order valence-corrected chi connectivity index (χ1v) is 57.6. The summed E-state index contributed by atoms with van der Waals surface area (Å²) < 4.78 is 25.1. The van der Waals surface area contributed by atoms with Crippen molar-refractivity contribution in [2.75, 3.05) is 86.6 Å². The Bertz CT molecular complexity index is 3560. The van der Waals surface area contributed by atoms with E-state index in [1.54, 1.807) is 38.5 Å². The Morgan fingerprint density at radius 1 is 0.464 bits per heavy atom. The maximum atomic E-state index is 13.3. The predicted octanol–water partition coefficient (Wildman–Crippen LogP) is 0.535. The van der Waals surface area contributed by atoms with E-state index in [2.05, 4.69) is 96.2 Å². The Balaban J connectivity index is 0.000000453. The standard InChI is InChI=1S/C28H46N4O11.C21H33N3O6.C14H25N.C11H19N.C7H15NO5.C6H13NO5.C3H8O.C2H5O.C2H2.CH4O.I2.HI.Sn.H2.H/c33-11-19-23(38)24(39)22(27(42)43-19)31-13-30-17(1-3-20(34)35)26(41)32-18(2-4-21(36)37)25(40)29-12-28-8-14-5-15(9-28)7-16(6-14)10-28;22-15(1-3-17(25)26)19(29)24-16(2-4-18(27)28)20(30)23-11-21-8-12-5-13(9-21)7-14(6-12)10-21;1-2-3-15-10-14-7-11-4-12(8-14)6-13(5-11)9-14;12-7-11-4-8-1-9(5-11)3-10(2-8)6-11;1-8-4-6(11)5(10)3(2-9)13-7(4)12;7-3-5(10)4(9)2(1-8)12-6(3)11;1-2-3-4;1-2-3;3*1-2;;;;/h14-19,22-24,27,30-31,33,38-39,42H,1-13H2,(H,29,40)(H,32,41)(H,34,35)(H,36,37);12-16H,1-11,22H2,(H,23,30)(H,24,29)(H,25,26)(H,27,28);11-13,15H,2-10H2,1H3;8-10H,1-7,12H2;3-12H,2H2,1H3;2-6,8-11H,1,7H2;4H,2-3H2,1H3;2H2,1H3;1-2H;2H,1H3;;1H;;1H;/q;;;;;;;-1;;;;;+1;;/t14?,15?,16?,17-,18-,19+,22+,23-,24+,27?,28?;12?,13?,14?,15-,16-,21?;;;3-,4-,5+,6-,7?;2-,3-,4+,5-,6?;;;;;;;;;/m00..11........./s1/i;;;;;;;;1D;;;;;;. The number of hydrogen-bond acceptors (Lipinski definition) is 33. The fourth-order valence-electron chi connectivity index (χ4n) is 26.2. The second-order valence-corrected chi connectivity index (χ2v) is 42.8. The van der Waals surface area contributed by atoms with Crippen molar-refractivity contribution in [1.29, 1.82) is 0 Å². The molecule has 2 radical (unpaired) electrons. The molecule has 0 aromatic heterocycles. The van der Waals surface area contributed by atoms with E-state index in [4.69, 9.17) is 68.5 Å². The van der Waals surface area contributed by atoms with Gasteiger partial charge in [0.05, 0.1) is 50.0 Å². The SMILES string of the molecule is CCCNCC12CC3CC(CC(C3)C1)C2.CCCO.CC[O][SnH].CN[C@H]1C(O)O[C@H](CO)[C@H](O)[C@@H]1O.CO.I.II.NCC12CC3CC(CC(C3)C1)C2.N[C@@H](CCC(=O)O)C(=O)N[C@@H](CCC(=O)O)C(=O)NCC12CC3CC(CC(C3)C1)C2.N[C@H]1C(O)O[C@H](CO)[C@H](O)[C@@H]1O.O=C(O)CC[C@H](NCN[C@H]1C(O)O[C@H](CO)[C@H](O)[C@@H]1O)C(=O)N[C@@H](CCC(=O)O)C(=O)NCC12CC3CC(CC(C3)C1)C2.[2H]C#C.[HH]. The summed E-state index contributed by atoms with van der Waals surface area (Å²) in [5, 5.41) is 187. The molecule has 16 saturated carbocycles. The number of hydrogen-bond donors (Lipinski definition) is 29. The molecule has 814 valence electrons. The summed E-state index contributed by atoms with van der Waals surface area (Å²) in [5.74, 6) is 4.19. The number of carboxylic acid groups (broad SMARTS) is 4. The summed E-state index contributed by atoms with van der Waals surface area (Å²) in [7, 11) is 2.53. The monoisotopic (exact) mass is 2450 g/mol. The van der Waals surface area contributed by atoms with Crippen LogP contribution in [0.15, 0.2) is 0 Å². The van der Waals surface area contributed by atoms with Gasteiger partial charge in [-0.05, 0) is 305 Å². The van der Waals surface area contributed by atoms with Crippen LogP contribution < -0.4 is 59.7 Å². The molecule has 3 saturated heterocycles. The van der Waals surface area contributed by atoms with Crippen LogP contribution in [0.4, 0.5) is 0 Å². The molecular formula is C95H174I3N11O30Sn. The van der Waals surface area contributed by atoms with Gasteiger partial charge in [-0.3, -0.25) is 49.0 Å². The molecule has 16 bridgehead atoms. The average Bonchev–Trinajstić information content (AvgIpc) is 0.766. The molecule has 0 aromatic rings. The van der Waals surface area contributed by atoms with Crippen molar-refractivity contribution in [1.82, 2.24) is 42.5 Å². The molecule has 19 atom stereocenters. The van der Waals surface area contributed by atoms with Gasteiger partial charge in [-0.2, -0.15) is 0 Å². The number of nitrogens with two attached hydrogens (primary N) is 3. The Kier molecular flexibility index (Phi) is 59.7. The minimum Gasteiger partial charge on any atom is -0.481 e. The largest absolute Gasteiger partial charge is 0.481 e. The van der Waals surface area contributed by atoms with Crippen LogP contribution in [0.1, 0.15) is 242 Å². The summed E-state index contributed by atoms with van der Waals surface area (Å²) in [4.78, 5) is 95.9. The zero-order valence-electron chi connectivity index (χ0n) is 83.2. The van der Waals surface area contributed by atoms with Gasteiger partial charge in [0.25, 0.3) is 0 Å². The van der Waals surface area contributed by atoms with Gasteiger partial charge in [0.2, 0.25) is 23.6 Å². The van der Waals surface area contributed by atoms with E-state index < -0.39 is 190 Å². The number of nitrogens with one attached hydrogen (secondary N) is 8. The number of rotatable bonds is 37. The Morgan fingerprint density at radius 2 is 0.750 bits per heavy atom. The van der Waals surface area contributed by atoms with Gasteiger partial charge in [0.15, 0.2) is 18.9 Å². The van der Waals surface area contributed by atoms with Gasteiger partial charge in [0.1, 0.15) is 68.4 Å². The van der Waals surface area contributed by atoms with E-state index in [1.807, 2.05) is 13.8 Å². The van der Waals surface area contributed by atoms with Crippen molar-refractivity contribution >= 4 is 132 Å². The van der Waals surface area contributed by atoms with Crippen molar-refractivity contribution in [2.45, 2.75) is 355 Å². The van der Waals surface area contributed by atoms with Crippen LogP contribution >= 0.6 is 61.2 Å². The Morgan fingerprint density at radius 3 is 1.05 bits per heavy atom. The molecule has 19 aliphatic rings. The first kappa shape index (κ1) is 128. The Labute approximate surface area is 882 Å². The van der Waals surface area contributed by atoms with Gasteiger partial charge in [-0.25, -0.2) is 0 Å². The summed E-state index contributed by atoms with van der Waals surface area (Å²) in [6, 6.07) is -7.34. The number of carbonyl (C=O) groups excluding carboxylic acids is 4.